The summed E-state index contributed by atoms with van der Waals surface area (Å²) in [5, 5.41) is 8.93. The second-order valence-electron chi connectivity index (χ2n) is 4.01. The molecule has 1 rings (SSSR count). The molecule has 0 bridgehead atoms. The molecule has 5 heteroatoms. The molecule has 0 aromatic rings. The van der Waals surface area contributed by atoms with Gasteiger partial charge in [-0.2, -0.15) is 0 Å². The number of hydrogen-bond acceptors (Lipinski definition) is 3. The number of nitrogens with two attached hydrogens (primary N) is 1. The maximum atomic E-state index is 11.9. The summed E-state index contributed by atoms with van der Waals surface area (Å²) in [4.78, 5) is 24.2. The zero-order chi connectivity index (χ0) is 11.4. The number of rotatable bonds is 4. The average Bonchev–Trinajstić information content (AvgIpc) is 2.65. The van der Waals surface area contributed by atoms with Gasteiger partial charge >= 0.3 is 5.97 Å². The van der Waals surface area contributed by atoms with Crippen LogP contribution >= 0.6 is 0 Å². The number of nitrogens with zero attached hydrogens (tertiary/aromatic N) is 1. The summed E-state index contributed by atoms with van der Waals surface area (Å²) >= 11 is 0. The van der Waals surface area contributed by atoms with Crippen LogP contribution in [-0.2, 0) is 9.59 Å². The summed E-state index contributed by atoms with van der Waals surface area (Å²) in [6.07, 6.45) is 1.95. The van der Waals surface area contributed by atoms with Crippen LogP contribution in [0.5, 0.6) is 0 Å². The van der Waals surface area contributed by atoms with Crippen LogP contribution in [0.2, 0.25) is 0 Å². The van der Waals surface area contributed by atoms with E-state index in [-0.39, 0.29) is 11.8 Å². The van der Waals surface area contributed by atoms with Gasteiger partial charge in [0, 0.05) is 12.5 Å². The minimum absolute atomic E-state index is 0.0784. The van der Waals surface area contributed by atoms with Gasteiger partial charge < -0.3 is 15.7 Å². The van der Waals surface area contributed by atoms with Crippen molar-refractivity contribution in [2.45, 2.75) is 32.2 Å². The van der Waals surface area contributed by atoms with Crippen LogP contribution in [0.25, 0.3) is 0 Å². The topological polar surface area (TPSA) is 83.6 Å². The molecule has 1 heterocycles. The van der Waals surface area contributed by atoms with Crippen LogP contribution in [0.15, 0.2) is 0 Å². The first-order valence-electron chi connectivity index (χ1n) is 5.31. The molecule has 1 aliphatic rings. The molecule has 3 N–H and O–H groups in total. The number of carboxylic acids is 1. The van der Waals surface area contributed by atoms with Gasteiger partial charge in [0.25, 0.3) is 0 Å². The van der Waals surface area contributed by atoms with Crippen molar-refractivity contribution in [3.8, 4) is 0 Å². The van der Waals surface area contributed by atoms with Crippen LogP contribution < -0.4 is 5.73 Å². The Hall–Kier alpha value is -1.10. The van der Waals surface area contributed by atoms with Gasteiger partial charge in [0.05, 0.1) is 0 Å². The molecule has 15 heavy (non-hydrogen) atoms. The van der Waals surface area contributed by atoms with E-state index in [1.54, 1.807) is 6.92 Å². The molecule has 1 aliphatic heterocycles. The summed E-state index contributed by atoms with van der Waals surface area (Å²) in [6, 6.07) is -0.627. The predicted octanol–water partition coefficient (Wildman–Crippen LogP) is 0.0469. The molecule has 0 spiro atoms. The number of hydrogen-bond donors (Lipinski definition) is 2. The van der Waals surface area contributed by atoms with Gasteiger partial charge in [0.1, 0.15) is 6.04 Å². The van der Waals surface area contributed by atoms with Crippen LogP contribution in [0.4, 0.5) is 0 Å². The van der Waals surface area contributed by atoms with Gasteiger partial charge in [-0.3, -0.25) is 4.79 Å². The van der Waals surface area contributed by atoms with Gasteiger partial charge in [-0.05, 0) is 25.8 Å². The standard InChI is InChI=1S/C10H18N2O3/c1-7(4-5-11)9(13)12-6-2-3-8(12)10(14)15/h7-8H,2-6,11H2,1H3,(H,14,15). The molecule has 1 fully saturated rings. The Morgan fingerprint density at radius 1 is 1.60 bits per heavy atom. The Kier molecular flexibility index (Phi) is 4.08. The van der Waals surface area contributed by atoms with E-state index in [9.17, 15) is 9.59 Å². The molecule has 0 aromatic carbocycles. The molecule has 0 aromatic heterocycles. The highest BCUT2D eigenvalue weighted by molar-refractivity contribution is 5.85. The van der Waals surface area contributed by atoms with Crippen molar-refractivity contribution in [1.29, 1.82) is 0 Å². The lowest BCUT2D eigenvalue weighted by Gasteiger charge is -2.24. The Morgan fingerprint density at radius 2 is 2.27 bits per heavy atom. The summed E-state index contributed by atoms with van der Waals surface area (Å²) in [5.74, 6) is -1.15. The molecule has 86 valence electrons. The Morgan fingerprint density at radius 3 is 2.80 bits per heavy atom. The number of likely N-dealkylation sites (tertiary alicyclic amines) is 1. The summed E-state index contributed by atoms with van der Waals surface area (Å²) in [6.45, 7) is 2.82. The third-order valence-electron chi connectivity index (χ3n) is 2.84. The molecule has 0 radical (unpaired) electrons. The van der Waals surface area contributed by atoms with Gasteiger partial charge in [0.15, 0.2) is 0 Å². The number of carboxylic acid groups (broad SMARTS) is 1. The average molecular weight is 214 g/mol. The summed E-state index contributed by atoms with van der Waals surface area (Å²) < 4.78 is 0. The highest BCUT2D eigenvalue weighted by Gasteiger charge is 2.35. The van der Waals surface area contributed by atoms with E-state index in [0.717, 1.165) is 6.42 Å². The predicted molar refractivity (Wildman–Crippen MR) is 55.2 cm³/mol. The summed E-state index contributed by atoms with van der Waals surface area (Å²) in [5.41, 5.74) is 5.37. The highest BCUT2D eigenvalue weighted by atomic mass is 16.4. The number of amides is 1. The quantitative estimate of drug-likeness (QED) is 0.692. The lowest BCUT2D eigenvalue weighted by molar-refractivity contribution is -0.149. The van der Waals surface area contributed by atoms with Gasteiger partial charge in [-0.25, -0.2) is 4.79 Å². The minimum Gasteiger partial charge on any atom is -0.480 e. The van der Waals surface area contributed by atoms with Gasteiger partial charge in [-0.15, -0.1) is 0 Å². The van der Waals surface area contributed by atoms with Crippen molar-refractivity contribution in [3.05, 3.63) is 0 Å². The third kappa shape index (κ3) is 2.68. The molecule has 0 aliphatic carbocycles. The van der Waals surface area contributed by atoms with Crippen LogP contribution in [-0.4, -0.2) is 41.0 Å². The lowest BCUT2D eigenvalue weighted by Crippen LogP contribution is -2.43. The normalized spacial score (nSPS) is 22.8. The van der Waals surface area contributed by atoms with Crippen LogP contribution in [0.3, 0.4) is 0 Å². The first kappa shape index (κ1) is 12.0. The number of carbonyl (C=O) groups is 2. The third-order valence-corrected chi connectivity index (χ3v) is 2.84. The molecule has 1 saturated heterocycles. The van der Waals surface area contributed by atoms with E-state index in [4.69, 9.17) is 10.8 Å². The molecule has 1 amide bonds. The van der Waals surface area contributed by atoms with E-state index >= 15 is 0 Å². The fraction of sp³-hybridized carbons (Fsp3) is 0.800. The largest absolute Gasteiger partial charge is 0.480 e. The van der Waals surface area contributed by atoms with Crippen LogP contribution in [0.1, 0.15) is 26.2 Å². The Bertz CT molecular complexity index is 255. The Balaban J connectivity index is 2.62. The summed E-state index contributed by atoms with van der Waals surface area (Å²) in [7, 11) is 0. The Labute approximate surface area is 89.2 Å². The van der Waals surface area contributed by atoms with Crippen molar-refractivity contribution in [2.75, 3.05) is 13.1 Å². The fourth-order valence-electron chi connectivity index (χ4n) is 1.94. The van der Waals surface area contributed by atoms with Gasteiger partial charge in [0.2, 0.25) is 5.91 Å². The highest BCUT2D eigenvalue weighted by Crippen LogP contribution is 2.20. The second kappa shape index (κ2) is 5.11. The molecule has 0 saturated carbocycles. The smallest absolute Gasteiger partial charge is 0.326 e. The zero-order valence-corrected chi connectivity index (χ0v) is 8.98. The lowest BCUT2D eigenvalue weighted by atomic mass is 10.1. The fourth-order valence-corrected chi connectivity index (χ4v) is 1.94. The molecular formula is C10H18N2O3. The zero-order valence-electron chi connectivity index (χ0n) is 8.98. The molecular weight excluding hydrogens is 196 g/mol. The van der Waals surface area contributed by atoms with Crippen molar-refractivity contribution < 1.29 is 14.7 Å². The first-order chi connectivity index (χ1) is 7.07. The maximum absolute atomic E-state index is 11.9. The number of aliphatic carboxylic acids is 1. The van der Waals surface area contributed by atoms with Crippen molar-refractivity contribution >= 4 is 11.9 Å². The van der Waals surface area contributed by atoms with Crippen molar-refractivity contribution in [2.24, 2.45) is 11.7 Å². The molecule has 2 unspecified atom stereocenters. The molecule has 5 nitrogen and oxygen atoms in total. The van der Waals surface area contributed by atoms with E-state index < -0.39 is 12.0 Å². The van der Waals surface area contributed by atoms with Gasteiger partial charge in [-0.1, -0.05) is 6.92 Å². The van der Waals surface area contributed by atoms with Crippen molar-refractivity contribution in [3.63, 3.8) is 0 Å². The van der Waals surface area contributed by atoms with E-state index in [1.165, 1.54) is 4.90 Å². The second-order valence-corrected chi connectivity index (χ2v) is 4.01. The van der Waals surface area contributed by atoms with E-state index in [1.807, 2.05) is 0 Å². The van der Waals surface area contributed by atoms with Crippen LogP contribution in [0, 0.1) is 5.92 Å². The van der Waals surface area contributed by atoms with E-state index in [0.29, 0.717) is 25.9 Å². The van der Waals surface area contributed by atoms with Crippen molar-refractivity contribution in [1.82, 2.24) is 4.90 Å². The SMILES string of the molecule is CC(CCN)C(=O)N1CCCC1C(=O)O. The monoisotopic (exact) mass is 214 g/mol. The first-order valence-corrected chi connectivity index (χ1v) is 5.31. The maximum Gasteiger partial charge on any atom is 0.326 e. The molecule has 2 atom stereocenters. The van der Waals surface area contributed by atoms with E-state index in [2.05, 4.69) is 0 Å². The number of carbonyl (C=O) groups excluding carboxylic acids is 1. The minimum atomic E-state index is -0.902.